The van der Waals surface area contributed by atoms with Gasteiger partial charge < -0.3 is 14.8 Å². The molecule has 164 valence electrons. The average molecular weight is 468 g/mol. The lowest BCUT2D eigenvalue weighted by atomic mass is 10.2. The number of thioether (sulfide) groups is 1. The summed E-state index contributed by atoms with van der Waals surface area (Å²) in [4.78, 5) is 30.6. The van der Waals surface area contributed by atoms with Crippen LogP contribution in [-0.4, -0.2) is 35.4 Å². The molecular weight excluding hydrogens is 446 g/mol. The number of hydrogen-bond acceptors (Lipinski definition) is 7. The van der Waals surface area contributed by atoms with Gasteiger partial charge in [0, 0.05) is 6.07 Å². The molecule has 4 aromatic rings. The van der Waals surface area contributed by atoms with Crippen molar-refractivity contribution in [1.29, 1.82) is 0 Å². The number of hydrogen-bond donors (Lipinski definition) is 1. The summed E-state index contributed by atoms with van der Waals surface area (Å²) in [5.41, 5.74) is 2.72. The van der Waals surface area contributed by atoms with Crippen LogP contribution in [0.4, 0.5) is 5.69 Å². The molecule has 0 aliphatic heterocycles. The number of para-hydroxylation sites is 1. The van der Waals surface area contributed by atoms with E-state index in [0.717, 1.165) is 11.3 Å². The van der Waals surface area contributed by atoms with Gasteiger partial charge in [0.25, 0.3) is 5.56 Å². The number of nitrogens with one attached hydrogen (secondary N) is 1. The van der Waals surface area contributed by atoms with Gasteiger partial charge in [-0.2, -0.15) is 0 Å². The lowest BCUT2D eigenvalue weighted by Crippen LogP contribution is -2.22. The Labute approximate surface area is 193 Å². The van der Waals surface area contributed by atoms with E-state index in [-0.39, 0.29) is 17.2 Å². The fourth-order valence-corrected chi connectivity index (χ4v) is 4.80. The molecular formula is C23H21N3O4S2. The quantitative estimate of drug-likeness (QED) is 0.318. The highest BCUT2D eigenvalue weighted by Crippen LogP contribution is 2.30. The van der Waals surface area contributed by atoms with Gasteiger partial charge >= 0.3 is 0 Å². The zero-order valence-corrected chi connectivity index (χ0v) is 19.4. The first-order chi connectivity index (χ1) is 15.5. The van der Waals surface area contributed by atoms with E-state index in [1.54, 1.807) is 29.9 Å². The van der Waals surface area contributed by atoms with Gasteiger partial charge in [0.2, 0.25) is 5.91 Å². The van der Waals surface area contributed by atoms with Gasteiger partial charge in [0.15, 0.2) is 5.16 Å². The Morgan fingerprint density at radius 3 is 2.72 bits per heavy atom. The van der Waals surface area contributed by atoms with Gasteiger partial charge in [-0.3, -0.25) is 14.2 Å². The Morgan fingerprint density at radius 1 is 1.16 bits per heavy atom. The third-order valence-electron chi connectivity index (χ3n) is 4.82. The molecule has 2 heterocycles. The van der Waals surface area contributed by atoms with Gasteiger partial charge in [0.1, 0.15) is 16.2 Å². The number of carbonyl (C=O) groups is 1. The van der Waals surface area contributed by atoms with Crippen molar-refractivity contribution in [3.05, 3.63) is 69.8 Å². The van der Waals surface area contributed by atoms with Crippen LogP contribution in [-0.2, 0) is 4.79 Å². The van der Waals surface area contributed by atoms with Gasteiger partial charge in [-0.05, 0) is 42.1 Å². The fraction of sp³-hybridized carbons (Fsp3) is 0.174. The number of thiophene rings is 1. The number of aromatic nitrogens is 2. The summed E-state index contributed by atoms with van der Waals surface area (Å²) < 4.78 is 12.7. The highest BCUT2D eigenvalue weighted by molar-refractivity contribution is 7.99. The second-order valence-electron chi connectivity index (χ2n) is 6.86. The Bertz CT molecular complexity index is 1350. The number of amides is 1. The third kappa shape index (κ3) is 4.35. The summed E-state index contributed by atoms with van der Waals surface area (Å²) in [6.45, 7) is 1.94. The maximum Gasteiger partial charge on any atom is 0.276 e. The highest BCUT2D eigenvalue weighted by atomic mass is 32.2. The summed E-state index contributed by atoms with van der Waals surface area (Å²) in [7, 11) is 3.09. The fourth-order valence-electron chi connectivity index (χ4n) is 3.23. The van der Waals surface area contributed by atoms with Gasteiger partial charge in [-0.15, -0.1) is 11.3 Å². The SMILES string of the molecule is COc1ccc(NC(=O)CSc2nc3ccsc3c(=O)n2-c2ccccc2C)c(OC)c1. The van der Waals surface area contributed by atoms with E-state index in [4.69, 9.17) is 9.47 Å². The normalized spacial score (nSPS) is 10.8. The minimum atomic E-state index is -0.241. The van der Waals surface area contributed by atoms with E-state index in [2.05, 4.69) is 10.3 Å². The van der Waals surface area contributed by atoms with Gasteiger partial charge in [-0.25, -0.2) is 4.98 Å². The first-order valence-electron chi connectivity index (χ1n) is 9.72. The predicted molar refractivity (Wildman–Crippen MR) is 129 cm³/mol. The Kier molecular flexibility index (Phi) is 6.48. The van der Waals surface area contributed by atoms with Crippen molar-refractivity contribution in [3.8, 4) is 17.2 Å². The minimum Gasteiger partial charge on any atom is -0.497 e. The lowest BCUT2D eigenvalue weighted by molar-refractivity contribution is -0.113. The van der Waals surface area contributed by atoms with E-state index in [0.29, 0.717) is 32.6 Å². The third-order valence-corrected chi connectivity index (χ3v) is 6.65. The number of fused-ring (bicyclic) bond motifs is 1. The van der Waals surface area contributed by atoms with E-state index >= 15 is 0 Å². The molecule has 0 radical (unpaired) electrons. The van der Waals surface area contributed by atoms with Crippen molar-refractivity contribution in [2.75, 3.05) is 25.3 Å². The van der Waals surface area contributed by atoms with E-state index < -0.39 is 0 Å². The smallest absolute Gasteiger partial charge is 0.276 e. The van der Waals surface area contributed by atoms with E-state index in [1.165, 1.54) is 30.2 Å². The molecule has 0 atom stereocenters. The van der Waals surface area contributed by atoms with Crippen LogP contribution >= 0.6 is 23.1 Å². The molecule has 1 amide bonds. The molecule has 2 aromatic carbocycles. The van der Waals surface area contributed by atoms with Crippen molar-refractivity contribution in [2.24, 2.45) is 0 Å². The summed E-state index contributed by atoms with van der Waals surface area (Å²) in [5, 5.41) is 5.16. The van der Waals surface area contributed by atoms with Crippen molar-refractivity contribution in [2.45, 2.75) is 12.1 Å². The Hall–Kier alpha value is -3.30. The van der Waals surface area contributed by atoms with Crippen LogP contribution in [0.15, 0.2) is 63.9 Å². The molecule has 0 spiro atoms. The highest BCUT2D eigenvalue weighted by Gasteiger charge is 2.17. The molecule has 9 heteroatoms. The minimum absolute atomic E-state index is 0.0726. The first kappa shape index (κ1) is 21.9. The van der Waals surface area contributed by atoms with Crippen molar-refractivity contribution < 1.29 is 14.3 Å². The number of nitrogens with zero attached hydrogens (tertiary/aromatic N) is 2. The molecule has 0 fully saturated rings. The van der Waals surface area contributed by atoms with Crippen LogP contribution in [0.25, 0.3) is 15.9 Å². The molecule has 32 heavy (non-hydrogen) atoms. The topological polar surface area (TPSA) is 82.5 Å². The van der Waals surface area contributed by atoms with Crippen LogP contribution in [0, 0.1) is 6.92 Å². The molecule has 0 unspecified atom stereocenters. The van der Waals surface area contributed by atoms with E-state index in [9.17, 15) is 9.59 Å². The van der Waals surface area contributed by atoms with E-state index in [1.807, 2.05) is 42.6 Å². The van der Waals surface area contributed by atoms with Crippen LogP contribution < -0.4 is 20.3 Å². The number of methoxy groups -OCH3 is 2. The first-order valence-corrected chi connectivity index (χ1v) is 11.6. The average Bonchev–Trinajstić information content (AvgIpc) is 3.28. The standard InChI is InChI=1S/C23H21N3O4S2/c1-14-6-4-5-7-18(14)26-22(28)21-17(10-11-31-21)25-23(26)32-13-20(27)24-16-9-8-15(29-2)12-19(16)30-3/h4-12H,13H2,1-3H3,(H,24,27). The van der Waals surface area contributed by atoms with Crippen LogP contribution in [0.3, 0.4) is 0 Å². The second-order valence-corrected chi connectivity index (χ2v) is 8.72. The summed E-state index contributed by atoms with van der Waals surface area (Å²) >= 11 is 2.57. The van der Waals surface area contributed by atoms with Gasteiger partial charge in [-0.1, -0.05) is 30.0 Å². The Balaban J connectivity index is 1.62. The number of ether oxygens (including phenoxy) is 2. The van der Waals surface area contributed by atoms with Gasteiger partial charge in [0.05, 0.1) is 36.9 Å². The molecule has 7 nitrogen and oxygen atoms in total. The second kappa shape index (κ2) is 9.46. The molecule has 2 aromatic heterocycles. The number of rotatable bonds is 7. The molecule has 4 rings (SSSR count). The largest absolute Gasteiger partial charge is 0.497 e. The molecule has 0 bridgehead atoms. The number of carbonyl (C=O) groups excluding carboxylic acids is 1. The monoisotopic (exact) mass is 467 g/mol. The number of aryl methyl sites for hydroxylation is 1. The Morgan fingerprint density at radius 2 is 1.97 bits per heavy atom. The molecule has 0 aliphatic rings. The maximum absolute atomic E-state index is 13.2. The van der Waals surface area contributed by atoms with Crippen molar-refractivity contribution in [3.63, 3.8) is 0 Å². The predicted octanol–water partition coefficient (Wildman–Crippen LogP) is 4.50. The summed E-state index contributed by atoms with van der Waals surface area (Å²) in [6.07, 6.45) is 0. The zero-order chi connectivity index (χ0) is 22.7. The molecule has 0 saturated carbocycles. The van der Waals surface area contributed by atoms with Crippen LogP contribution in [0.2, 0.25) is 0 Å². The molecule has 0 saturated heterocycles. The molecule has 0 aliphatic carbocycles. The number of benzene rings is 2. The van der Waals surface area contributed by atoms with Crippen molar-refractivity contribution >= 4 is 44.9 Å². The summed E-state index contributed by atoms with van der Waals surface area (Å²) in [5.74, 6) is 0.958. The maximum atomic E-state index is 13.2. The van der Waals surface area contributed by atoms with Crippen LogP contribution in [0.1, 0.15) is 5.56 Å². The zero-order valence-electron chi connectivity index (χ0n) is 17.7. The number of anilines is 1. The van der Waals surface area contributed by atoms with Crippen molar-refractivity contribution in [1.82, 2.24) is 9.55 Å². The molecule has 1 N–H and O–H groups in total. The lowest BCUT2D eigenvalue weighted by Gasteiger charge is -2.14. The van der Waals surface area contributed by atoms with Crippen LogP contribution in [0.5, 0.6) is 11.5 Å². The summed E-state index contributed by atoms with van der Waals surface area (Å²) in [6, 6.07) is 14.6.